The summed E-state index contributed by atoms with van der Waals surface area (Å²) in [6.07, 6.45) is 18.2. The van der Waals surface area contributed by atoms with Gasteiger partial charge in [0, 0.05) is 5.57 Å². The molecule has 5 heterocycles. The van der Waals surface area contributed by atoms with E-state index in [1.165, 1.54) is 6.07 Å². The van der Waals surface area contributed by atoms with Crippen LogP contribution in [0.2, 0.25) is 0 Å². The van der Waals surface area contributed by atoms with E-state index in [9.17, 15) is 8.78 Å². The molecule has 5 aliphatic rings. The molecule has 1 aromatic carbocycles. The van der Waals surface area contributed by atoms with Gasteiger partial charge in [-0.1, -0.05) is 6.07 Å². The molecule has 0 saturated carbocycles. The van der Waals surface area contributed by atoms with Crippen molar-refractivity contribution in [2.24, 2.45) is 20.0 Å². The predicted octanol–water partition coefficient (Wildman–Crippen LogP) is 5.83. The Morgan fingerprint density at radius 2 is 1.33 bits per heavy atom. The number of nitrogens with zero attached hydrogens (tertiary/aromatic N) is 4. The van der Waals surface area contributed by atoms with Crippen LogP contribution in [0, 0.1) is 11.6 Å². The van der Waals surface area contributed by atoms with Crippen LogP contribution in [0.5, 0.6) is 0 Å². The fourth-order valence-electron chi connectivity index (χ4n) is 4.09. The molecule has 5 nitrogen and oxygen atoms in total. The summed E-state index contributed by atoms with van der Waals surface area (Å²) in [7, 11) is 0. The van der Waals surface area contributed by atoms with E-state index in [2.05, 4.69) is 15.0 Å². The number of rotatable bonds is 4. The molecule has 5 aliphatic heterocycles. The molecule has 6 rings (SSSR count). The van der Waals surface area contributed by atoms with Crippen molar-refractivity contribution in [3.05, 3.63) is 131 Å². The quantitative estimate of drug-likeness (QED) is 0.536. The van der Waals surface area contributed by atoms with Gasteiger partial charge in [0.2, 0.25) is 0 Å². The van der Waals surface area contributed by atoms with E-state index in [0.29, 0.717) is 34.0 Å². The van der Waals surface area contributed by atoms with Crippen molar-refractivity contribution < 1.29 is 14.9 Å². The fraction of sp³-hybridized carbons (Fsp3) is 0.103. The highest BCUT2D eigenvalue weighted by Gasteiger charge is 2.22. The number of benzene rings is 1. The monoisotopic (exact) mass is 479 g/mol. The molecular weight excluding hydrogens is 458 g/mol. The Bertz CT molecular complexity index is 1610. The molecule has 0 radical (unpaired) electrons. The van der Waals surface area contributed by atoms with Gasteiger partial charge in [-0.2, -0.15) is 0 Å². The summed E-state index contributed by atoms with van der Waals surface area (Å²) in [5, 5.41) is 0. The van der Waals surface area contributed by atoms with Gasteiger partial charge >= 0.3 is 0 Å². The lowest BCUT2D eigenvalue weighted by Crippen LogP contribution is -2.12. The van der Waals surface area contributed by atoms with Crippen LogP contribution in [0.25, 0.3) is 0 Å². The van der Waals surface area contributed by atoms with Crippen molar-refractivity contribution in [3.63, 3.8) is 0 Å². The van der Waals surface area contributed by atoms with Crippen molar-refractivity contribution >= 4 is 22.8 Å². The largest absolute Gasteiger partial charge is 0.369 e. The molecular formula is C29H20F2N4O. The minimum absolute atomic E-state index is 0.0489. The zero-order chi connectivity index (χ0) is 25.5. The zero-order valence-corrected chi connectivity index (χ0v) is 19.2. The van der Waals surface area contributed by atoms with Gasteiger partial charge in [0.05, 0.1) is 59.7 Å². The van der Waals surface area contributed by atoms with Gasteiger partial charge in [0.25, 0.3) is 0 Å². The van der Waals surface area contributed by atoms with E-state index < -0.39 is 17.7 Å². The van der Waals surface area contributed by atoms with Crippen molar-refractivity contribution in [3.8, 4) is 0 Å². The number of ether oxygens (including phenoxy) is 1. The van der Waals surface area contributed by atoms with Gasteiger partial charge in [-0.05, 0) is 91.4 Å². The van der Waals surface area contributed by atoms with Gasteiger partial charge in [-0.3, -0.25) is 0 Å². The first-order valence-electron chi connectivity index (χ1n) is 11.9. The molecule has 1 aromatic rings. The third-order valence-electron chi connectivity index (χ3n) is 5.88. The summed E-state index contributed by atoms with van der Waals surface area (Å²) in [5.41, 5.74) is 6.53. The lowest BCUT2D eigenvalue weighted by molar-refractivity contribution is 0.0779. The predicted molar refractivity (Wildman–Crippen MR) is 138 cm³/mol. The van der Waals surface area contributed by atoms with Gasteiger partial charge in [-0.25, -0.2) is 28.8 Å². The van der Waals surface area contributed by atoms with Gasteiger partial charge < -0.3 is 4.74 Å². The molecule has 1 unspecified atom stereocenters. The van der Waals surface area contributed by atoms with Crippen LogP contribution in [0.3, 0.4) is 0 Å². The van der Waals surface area contributed by atoms with E-state index in [1.807, 2.05) is 61.6 Å². The number of hydrogen-bond donors (Lipinski definition) is 0. The zero-order valence-electron chi connectivity index (χ0n) is 20.2. The molecule has 0 spiro atoms. The number of allylic oxidation sites excluding steroid dienone is 11. The number of aliphatic imine (C=N–C) groups is 4. The fourth-order valence-corrected chi connectivity index (χ4v) is 4.09. The maximum Gasteiger partial charge on any atom is 0.159 e. The SMILES string of the molecule is [2H]C1=C(C(C)OCc2ccc(F)c(F)c2)C2=CC3=NC(=CC4=NC(=CC5=NC(=CC1=N2)C=C5)C=C4)C=C3. The van der Waals surface area contributed by atoms with Crippen molar-refractivity contribution in [2.45, 2.75) is 19.6 Å². The summed E-state index contributed by atoms with van der Waals surface area (Å²) in [6, 6.07) is 3.86. The van der Waals surface area contributed by atoms with E-state index in [4.69, 9.17) is 11.1 Å². The van der Waals surface area contributed by atoms with Gasteiger partial charge in [-0.15, -0.1) is 0 Å². The number of hydrogen-bond acceptors (Lipinski definition) is 5. The minimum atomic E-state index is -0.929. The Morgan fingerprint density at radius 1 is 0.750 bits per heavy atom. The maximum absolute atomic E-state index is 13.6. The lowest BCUT2D eigenvalue weighted by Gasteiger charge is -2.15. The molecule has 7 heteroatoms. The van der Waals surface area contributed by atoms with E-state index >= 15 is 0 Å². The summed E-state index contributed by atoms with van der Waals surface area (Å²) < 4.78 is 41.8. The number of fused-ring (bicyclic) bond motifs is 4. The molecule has 8 bridgehead atoms. The first kappa shape index (κ1) is 21.0. The first-order chi connectivity index (χ1) is 17.9. The second-order valence-corrected chi connectivity index (χ2v) is 8.58. The van der Waals surface area contributed by atoms with Crippen molar-refractivity contribution in [2.75, 3.05) is 0 Å². The average molecular weight is 480 g/mol. The second kappa shape index (κ2) is 9.02. The first-order valence-corrected chi connectivity index (χ1v) is 11.4. The molecule has 176 valence electrons. The van der Waals surface area contributed by atoms with Crippen LogP contribution in [0.4, 0.5) is 8.78 Å². The Kier molecular flexibility index (Phi) is 5.25. The molecule has 0 N–H and O–H groups in total. The molecule has 0 aliphatic carbocycles. The van der Waals surface area contributed by atoms with E-state index in [1.54, 1.807) is 6.08 Å². The Labute approximate surface area is 208 Å². The van der Waals surface area contributed by atoms with E-state index in [-0.39, 0.29) is 12.7 Å². The molecule has 0 saturated heterocycles. The molecule has 1 atom stereocenters. The Morgan fingerprint density at radius 3 is 1.94 bits per heavy atom. The van der Waals surface area contributed by atoms with Gasteiger partial charge in [0.1, 0.15) is 0 Å². The van der Waals surface area contributed by atoms with E-state index in [0.717, 1.165) is 35.0 Å². The summed E-state index contributed by atoms with van der Waals surface area (Å²) in [5.74, 6) is -1.84. The van der Waals surface area contributed by atoms with Crippen LogP contribution in [0.15, 0.2) is 133 Å². The van der Waals surface area contributed by atoms with Crippen LogP contribution in [0.1, 0.15) is 13.9 Å². The topological polar surface area (TPSA) is 58.7 Å². The third kappa shape index (κ3) is 4.61. The molecule has 0 amide bonds. The summed E-state index contributed by atoms with van der Waals surface area (Å²) in [4.78, 5) is 18.6. The second-order valence-electron chi connectivity index (χ2n) is 8.58. The highest BCUT2D eigenvalue weighted by atomic mass is 19.2. The smallest absolute Gasteiger partial charge is 0.159 e. The van der Waals surface area contributed by atoms with Crippen molar-refractivity contribution in [1.82, 2.24) is 0 Å². The van der Waals surface area contributed by atoms with Crippen LogP contribution in [-0.4, -0.2) is 29.0 Å². The standard InChI is InChI=1S/C29H20F2N4O/c1-17(36-16-18-2-9-27(30)28(31)10-18)26-14-25-13-23-6-5-21(33-23)11-19-3-4-20(32-19)12-22-7-8-24(34-22)15-29(26)35-25/h2-15,17H,16H2,1H3/i14D. The average Bonchev–Trinajstić information content (AvgIpc) is 3.65. The van der Waals surface area contributed by atoms with Gasteiger partial charge in [0.15, 0.2) is 11.6 Å². The van der Waals surface area contributed by atoms with Crippen LogP contribution in [-0.2, 0) is 11.3 Å². The lowest BCUT2D eigenvalue weighted by atomic mass is 10.1. The minimum Gasteiger partial charge on any atom is -0.369 e. The molecule has 36 heavy (non-hydrogen) atoms. The highest BCUT2D eigenvalue weighted by Crippen LogP contribution is 2.28. The molecule has 0 aromatic heterocycles. The summed E-state index contributed by atoms with van der Waals surface area (Å²) >= 11 is 0. The van der Waals surface area contributed by atoms with Crippen LogP contribution >= 0.6 is 0 Å². The van der Waals surface area contributed by atoms with Crippen LogP contribution < -0.4 is 0 Å². The Hall–Kier alpha value is -4.36. The van der Waals surface area contributed by atoms with Crippen molar-refractivity contribution in [1.29, 1.82) is 0 Å². The molecule has 0 fully saturated rings. The Balaban J connectivity index is 1.37. The normalized spacial score (nSPS) is 20.9. The highest BCUT2D eigenvalue weighted by molar-refractivity contribution is 6.15. The number of halogens is 2. The maximum atomic E-state index is 13.6. The summed E-state index contributed by atoms with van der Waals surface area (Å²) in [6.45, 7) is 1.86. The third-order valence-corrected chi connectivity index (χ3v) is 5.88.